The number of aliphatic carboxylic acids is 1. The molecule has 22 heteroatoms. The summed E-state index contributed by atoms with van der Waals surface area (Å²) in [5, 5.41) is 23.2. The van der Waals surface area contributed by atoms with Crippen molar-refractivity contribution in [3.05, 3.63) is 22.3 Å². The minimum absolute atomic E-state index is 0.0751. The number of sulfonamides is 1. The third-order valence-electron chi connectivity index (χ3n) is 11.8. The van der Waals surface area contributed by atoms with E-state index in [4.69, 9.17) is 25.7 Å². The number of nitrogens with two attached hydrogens (primary N) is 2. The van der Waals surface area contributed by atoms with Gasteiger partial charge in [-0.1, -0.05) is 41.5 Å². The fourth-order valence-corrected chi connectivity index (χ4v) is 9.38. The van der Waals surface area contributed by atoms with Gasteiger partial charge in [-0.2, -0.15) is 0 Å². The van der Waals surface area contributed by atoms with Crippen LogP contribution in [0, 0.1) is 38.5 Å². The average Bonchev–Trinajstić information content (AvgIpc) is 3.55. The van der Waals surface area contributed by atoms with Crippen LogP contribution >= 0.6 is 0 Å². The Morgan fingerprint density at radius 1 is 0.718 bits per heavy atom. The molecule has 0 unspecified atom stereocenters. The van der Waals surface area contributed by atoms with Gasteiger partial charge in [0.05, 0.1) is 28.8 Å². The van der Waals surface area contributed by atoms with Gasteiger partial charge in [-0.05, 0) is 130 Å². The number of guanidine groups is 1. The Morgan fingerprint density at radius 3 is 1.63 bits per heavy atom. The van der Waals surface area contributed by atoms with E-state index in [0.717, 1.165) is 5.56 Å². The van der Waals surface area contributed by atoms with E-state index in [0.29, 0.717) is 28.9 Å². The first kappa shape index (κ1) is 62.1. The fourth-order valence-electron chi connectivity index (χ4n) is 7.86. The molecule has 1 aromatic carbocycles. The van der Waals surface area contributed by atoms with Gasteiger partial charge in [-0.15, -0.1) is 0 Å². The summed E-state index contributed by atoms with van der Waals surface area (Å²) >= 11 is 0. The second kappa shape index (κ2) is 25.1. The summed E-state index contributed by atoms with van der Waals surface area (Å²) in [6, 6.07) is -7.50. The van der Waals surface area contributed by atoms with E-state index < -0.39 is 128 Å². The zero-order valence-electron chi connectivity index (χ0n) is 45.3. The van der Waals surface area contributed by atoms with Gasteiger partial charge in [0.2, 0.25) is 35.5 Å². The Bertz CT molecular complexity index is 2230. The molecule has 0 bridgehead atoms. The van der Waals surface area contributed by atoms with Gasteiger partial charge in [0.25, 0.3) is 10.0 Å². The summed E-state index contributed by atoms with van der Waals surface area (Å²) in [5.74, 6) is -6.34. The molecule has 11 N–H and O–H groups in total. The predicted molar refractivity (Wildman–Crippen MR) is 271 cm³/mol. The smallest absolute Gasteiger partial charge is 0.326 e. The van der Waals surface area contributed by atoms with Crippen molar-refractivity contribution in [2.45, 2.75) is 208 Å². The van der Waals surface area contributed by atoms with Crippen molar-refractivity contribution in [3.63, 3.8) is 0 Å². The second-order valence-electron chi connectivity index (χ2n) is 22.1. The standard InChI is InChI=1S/C49H85N9O12S/c1-24(2)35(42(61)53-32(45(64)65)20-19-21-52-46(51)58-71(66,67)39-28(8)27(7)38-31(29(39)9)22-49(17,18)70-38)56-44(63)37(26(5)6)57-43(62)36(25(3)4)55-40(59)33(23-68-47(11,12)13)54-41(60)34(50)30(10)69-48(14,15)16/h24-26,30,32-37H,19-23,50H2,1-18H3,(H,53,61)(H,54,60)(H,55,59)(H,56,63)(H,57,62)(H,64,65)(H3,51,52,58)/t30-,32+,33+,34+,35+,36+,37+/m1/s1. The molecule has 21 nitrogen and oxygen atoms in total. The second-order valence-corrected chi connectivity index (χ2v) is 23.7. The van der Waals surface area contributed by atoms with E-state index in [1.165, 1.54) is 0 Å². The largest absolute Gasteiger partial charge is 0.487 e. The van der Waals surface area contributed by atoms with Crippen molar-refractivity contribution >= 4 is 51.5 Å². The number of nitrogens with zero attached hydrogens (tertiary/aromatic N) is 1. The van der Waals surface area contributed by atoms with E-state index in [-0.39, 0.29) is 30.9 Å². The molecule has 0 aliphatic carbocycles. The number of carbonyl (C=O) groups excluding carboxylic acids is 5. The van der Waals surface area contributed by atoms with Crippen molar-refractivity contribution in [1.82, 2.24) is 31.3 Å². The quantitative estimate of drug-likeness (QED) is 0.0409. The predicted octanol–water partition coefficient (Wildman–Crippen LogP) is 2.52. The minimum atomic E-state index is -4.18. The number of hydrogen-bond donors (Lipinski definition) is 9. The summed E-state index contributed by atoms with van der Waals surface area (Å²) in [7, 11) is -4.18. The normalized spacial score (nSPS) is 17.0. The first-order valence-electron chi connectivity index (χ1n) is 24.3. The molecule has 1 aromatic rings. The van der Waals surface area contributed by atoms with Gasteiger partial charge in [0, 0.05) is 18.5 Å². The van der Waals surface area contributed by atoms with Crippen LogP contribution in [0.2, 0.25) is 0 Å². The zero-order chi connectivity index (χ0) is 54.9. The SMILES string of the molecule is Cc1c(C)c(S(=O)(=O)NC(N)=NCCC[C@H](NC(=O)[C@@H](NC(=O)[C@@H](NC(=O)[C@@H](NC(=O)[C@H](COC(C)(C)C)NC(=O)[C@@H](N)[C@@H](C)OC(C)(C)C)C(C)C)C(C)C)C(C)C)C(=O)O)c(C)c2c1OC(C)(C)C2. The van der Waals surface area contributed by atoms with Crippen LogP contribution in [0.3, 0.4) is 0 Å². The summed E-state index contributed by atoms with van der Waals surface area (Å²) < 4.78 is 47.3. The van der Waals surface area contributed by atoms with E-state index in [2.05, 4.69) is 36.3 Å². The first-order valence-corrected chi connectivity index (χ1v) is 25.7. The lowest BCUT2D eigenvalue weighted by Crippen LogP contribution is -2.62. The number of rotatable bonds is 24. The molecule has 0 fully saturated rings. The number of carbonyl (C=O) groups is 6. The highest BCUT2D eigenvalue weighted by atomic mass is 32.2. The summed E-state index contributed by atoms with van der Waals surface area (Å²) in [6.07, 6.45) is -0.237. The zero-order valence-corrected chi connectivity index (χ0v) is 46.1. The molecule has 2 rings (SSSR count). The van der Waals surface area contributed by atoms with E-state index >= 15 is 0 Å². The molecular formula is C49H85N9O12S. The topological polar surface area (TPSA) is 321 Å². The first-order chi connectivity index (χ1) is 32.3. The molecule has 0 aromatic heterocycles. The number of aliphatic imine (C=N–C) groups is 1. The van der Waals surface area contributed by atoms with Gasteiger partial charge in [0.15, 0.2) is 0 Å². The number of hydrogen-bond acceptors (Lipinski definition) is 13. The Balaban J connectivity index is 2.17. The van der Waals surface area contributed by atoms with Gasteiger partial charge in [-0.3, -0.25) is 29.0 Å². The lowest BCUT2D eigenvalue weighted by molar-refractivity contribution is -0.143. The van der Waals surface area contributed by atoms with Gasteiger partial charge in [0.1, 0.15) is 47.6 Å². The van der Waals surface area contributed by atoms with Crippen molar-refractivity contribution in [1.29, 1.82) is 0 Å². The Labute approximate surface area is 421 Å². The van der Waals surface area contributed by atoms with Crippen LogP contribution in [-0.4, -0.2) is 127 Å². The molecule has 0 spiro atoms. The number of nitrogens with one attached hydrogen (secondary N) is 6. The summed E-state index contributed by atoms with van der Waals surface area (Å²) in [4.78, 5) is 85.2. The number of ether oxygens (including phenoxy) is 3. The van der Waals surface area contributed by atoms with Crippen LogP contribution in [0.1, 0.15) is 139 Å². The maximum absolute atomic E-state index is 13.9. The van der Waals surface area contributed by atoms with Crippen LogP contribution in [0.5, 0.6) is 5.75 Å². The third kappa shape index (κ3) is 18.5. The van der Waals surface area contributed by atoms with Gasteiger partial charge >= 0.3 is 5.97 Å². The molecule has 1 heterocycles. The number of amides is 5. The number of carboxylic acids is 1. The molecule has 0 saturated carbocycles. The summed E-state index contributed by atoms with van der Waals surface area (Å²) in [5.41, 5.74) is 13.0. The van der Waals surface area contributed by atoms with Crippen LogP contribution < -0.4 is 47.5 Å². The monoisotopic (exact) mass is 1020 g/mol. The molecular weight excluding hydrogens is 939 g/mol. The van der Waals surface area contributed by atoms with Crippen LogP contribution in [0.25, 0.3) is 0 Å². The molecule has 0 radical (unpaired) electrons. The highest BCUT2D eigenvalue weighted by Gasteiger charge is 2.39. The van der Waals surface area contributed by atoms with Crippen molar-refractivity contribution in [2.24, 2.45) is 34.2 Å². The molecule has 5 amide bonds. The maximum Gasteiger partial charge on any atom is 0.326 e. The van der Waals surface area contributed by atoms with E-state index in [9.17, 15) is 42.3 Å². The van der Waals surface area contributed by atoms with Crippen molar-refractivity contribution in [2.75, 3.05) is 13.2 Å². The molecule has 0 saturated heterocycles. The number of benzene rings is 1. The highest BCUT2D eigenvalue weighted by Crippen LogP contribution is 2.43. The Morgan fingerprint density at radius 2 is 1.18 bits per heavy atom. The number of carboxylic acid groups (broad SMARTS) is 1. The molecule has 1 aliphatic heterocycles. The molecule has 7 atom stereocenters. The number of fused-ring (bicyclic) bond motifs is 1. The highest BCUT2D eigenvalue weighted by molar-refractivity contribution is 7.90. The lowest BCUT2D eigenvalue weighted by Gasteiger charge is -2.31. The van der Waals surface area contributed by atoms with E-state index in [1.54, 1.807) is 90.0 Å². The van der Waals surface area contributed by atoms with Crippen LogP contribution in [0.15, 0.2) is 9.89 Å². The Kier molecular flexibility index (Phi) is 21.9. The average molecular weight is 1020 g/mol. The third-order valence-corrected chi connectivity index (χ3v) is 13.4. The van der Waals surface area contributed by atoms with Crippen molar-refractivity contribution in [3.8, 4) is 5.75 Å². The molecule has 404 valence electrons. The van der Waals surface area contributed by atoms with E-state index in [1.807, 2.05) is 34.6 Å². The molecule has 71 heavy (non-hydrogen) atoms. The minimum Gasteiger partial charge on any atom is -0.487 e. The Hall–Kier alpha value is -5.06. The molecule has 1 aliphatic rings. The van der Waals surface area contributed by atoms with Crippen LogP contribution in [0.4, 0.5) is 0 Å². The lowest BCUT2D eigenvalue weighted by atomic mass is 9.94. The summed E-state index contributed by atoms with van der Waals surface area (Å²) in [6.45, 7) is 31.2. The van der Waals surface area contributed by atoms with Gasteiger partial charge < -0.3 is 57.4 Å². The fraction of sp³-hybridized carbons (Fsp3) is 0.735. The van der Waals surface area contributed by atoms with Crippen LogP contribution in [-0.2, 0) is 54.7 Å². The van der Waals surface area contributed by atoms with Gasteiger partial charge in [-0.25, -0.2) is 17.9 Å². The van der Waals surface area contributed by atoms with Crippen molar-refractivity contribution < 1.29 is 56.5 Å². The maximum atomic E-state index is 13.9.